The lowest BCUT2D eigenvalue weighted by atomic mass is 10.1. The van der Waals surface area contributed by atoms with Crippen molar-refractivity contribution in [1.29, 1.82) is 0 Å². The van der Waals surface area contributed by atoms with E-state index in [1.807, 2.05) is 0 Å². The van der Waals surface area contributed by atoms with E-state index in [0.717, 1.165) is 18.6 Å². The molecule has 0 atom stereocenters. The van der Waals surface area contributed by atoms with Gasteiger partial charge in [0.05, 0.1) is 36.2 Å². The third-order valence-electron chi connectivity index (χ3n) is 2.21. The standard InChI is InChI=1S/C10H13NO8S2/c1-20(14,15)18-6-8-3-4-9(7-19-21(2,16)17)10(5-8)11(12)13/h3-5H,6-7H2,1-2H3. The van der Waals surface area contributed by atoms with Gasteiger partial charge in [0.2, 0.25) is 0 Å². The largest absolute Gasteiger partial charge is 0.275 e. The second-order valence-electron chi connectivity index (χ2n) is 4.15. The molecule has 21 heavy (non-hydrogen) atoms. The Kier molecular flexibility index (Phi) is 5.39. The van der Waals surface area contributed by atoms with E-state index in [1.165, 1.54) is 12.1 Å². The van der Waals surface area contributed by atoms with Crippen molar-refractivity contribution < 1.29 is 30.1 Å². The molecular weight excluding hydrogens is 326 g/mol. The van der Waals surface area contributed by atoms with E-state index in [2.05, 4.69) is 8.37 Å². The molecule has 0 spiro atoms. The molecule has 1 rings (SSSR count). The molecule has 0 aromatic heterocycles. The van der Waals surface area contributed by atoms with E-state index < -0.39 is 31.8 Å². The summed E-state index contributed by atoms with van der Waals surface area (Å²) in [7, 11) is -7.40. The maximum absolute atomic E-state index is 10.9. The lowest BCUT2D eigenvalue weighted by molar-refractivity contribution is -0.385. The molecule has 0 heterocycles. The molecule has 0 aliphatic carbocycles. The van der Waals surface area contributed by atoms with Crippen molar-refractivity contribution in [3.63, 3.8) is 0 Å². The third-order valence-corrected chi connectivity index (χ3v) is 3.31. The highest BCUT2D eigenvalue weighted by Crippen LogP contribution is 2.22. The van der Waals surface area contributed by atoms with Gasteiger partial charge in [-0.3, -0.25) is 18.5 Å². The summed E-state index contributed by atoms with van der Waals surface area (Å²) in [5.74, 6) is 0. The van der Waals surface area contributed by atoms with Crippen molar-refractivity contribution in [3.8, 4) is 0 Å². The summed E-state index contributed by atoms with van der Waals surface area (Å²) in [6.45, 7) is -0.838. The van der Waals surface area contributed by atoms with Crippen LogP contribution in [0, 0.1) is 10.1 Å². The summed E-state index contributed by atoms with van der Waals surface area (Å²) in [6, 6.07) is 3.77. The van der Waals surface area contributed by atoms with Crippen LogP contribution >= 0.6 is 0 Å². The number of hydrogen-bond donors (Lipinski definition) is 0. The fourth-order valence-corrected chi connectivity index (χ4v) is 2.03. The summed E-state index contributed by atoms with van der Waals surface area (Å²) < 4.78 is 52.5. The Morgan fingerprint density at radius 1 is 1.05 bits per heavy atom. The van der Waals surface area contributed by atoms with Crippen LogP contribution in [0.4, 0.5) is 5.69 Å². The molecule has 0 saturated heterocycles. The highest BCUT2D eigenvalue weighted by Gasteiger charge is 2.17. The summed E-state index contributed by atoms with van der Waals surface area (Å²) >= 11 is 0. The van der Waals surface area contributed by atoms with Crippen LogP contribution in [-0.4, -0.2) is 34.3 Å². The first-order valence-corrected chi connectivity index (χ1v) is 9.06. The number of rotatable bonds is 7. The van der Waals surface area contributed by atoms with E-state index in [-0.39, 0.29) is 23.4 Å². The van der Waals surface area contributed by atoms with Crippen molar-refractivity contribution in [2.24, 2.45) is 0 Å². The molecule has 1 aromatic carbocycles. The van der Waals surface area contributed by atoms with Crippen molar-refractivity contribution in [3.05, 3.63) is 39.4 Å². The lowest BCUT2D eigenvalue weighted by Crippen LogP contribution is -2.06. The molecule has 0 radical (unpaired) electrons. The number of nitro benzene ring substituents is 1. The zero-order valence-corrected chi connectivity index (χ0v) is 12.8. The highest BCUT2D eigenvalue weighted by molar-refractivity contribution is 7.86. The minimum atomic E-state index is -3.73. The van der Waals surface area contributed by atoms with E-state index >= 15 is 0 Å². The van der Waals surface area contributed by atoms with Crippen LogP contribution < -0.4 is 0 Å². The quantitative estimate of drug-likeness (QED) is 0.400. The molecule has 0 amide bonds. The van der Waals surface area contributed by atoms with E-state index in [1.54, 1.807) is 0 Å². The van der Waals surface area contributed by atoms with Gasteiger partial charge in [0.15, 0.2) is 0 Å². The Hall–Kier alpha value is -1.56. The zero-order chi connectivity index (χ0) is 16.3. The van der Waals surface area contributed by atoms with Gasteiger partial charge >= 0.3 is 0 Å². The third kappa shape index (κ3) is 6.62. The molecule has 0 fully saturated rings. The fourth-order valence-electron chi connectivity index (χ4n) is 1.34. The van der Waals surface area contributed by atoms with Crippen LogP contribution in [-0.2, 0) is 41.8 Å². The van der Waals surface area contributed by atoms with Crippen LogP contribution in [0.5, 0.6) is 0 Å². The lowest BCUT2D eigenvalue weighted by Gasteiger charge is -2.06. The van der Waals surface area contributed by atoms with Gasteiger partial charge in [0.1, 0.15) is 0 Å². The summed E-state index contributed by atoms with van der Waals surface area (Å²) in [6.07, 6.45) is 1.68. The maximum atomic E-state index is 10.9. The molecule has 0 N–H and O–H groups in total. The summed E-state index contributed by atoms with van der Waals surface area (Å²) in [5.41, 5.74) is -0.0722. The van der Waals surface area contributed by atoms with Gasteiger partial charge in [-0.15, -0.1) is 0 Å². The normalized spacial score (nSPS) is 12.3. The maximum Gasteiger partial charge on any atom is 0.275 e. The van der Waals surface area contributed by atoms with Crippen LogP contribution in [0.15, 0.2) is 18.2 Å². The molecule has 0 aliphatic rings. The Morgan fingerprint density at radius 2 is 1.57 bits per heavy atom. The van der Waals surface area contributed by atoms with Crippen LogP contribution in [0.25, 0.3) is 0 Å². The molecule has 1 aromatic rings. The predicted octanol–water partition coefficient (Wildman–Crippen LogP) is 0.547. The first kappa shape index (κ1) is 17.5. The predicted molar refractivity (Wildman–Crippen MR) is 72.4 cm³/mol. The van der Waals surface area contributed by atoms with Crippen LogP contribution in [0.1, 0.15) is 11.1 Å². The van der Waals surface area contributed by atoms with Gasteiger partial charge in [0, 0.05) is 6.07 Å². The van der Waals surface area contributed by atoms with Crippen LogP contribution in [0.3, 0.4) is 0 Å². The molecule has 11 heteroatoms. The van der Waals surface area contributed by atoms with Gasteiger partial charge in [0.25, 0.3) is 25.9 Å². The second kappa shape index (κ2) is 6.47. The van der Waals surface area contributed by atoms with Gasteiger partial charge in [-0.05, 0) is 11.6 Å². The van der Waals surface area contributed by atoms with E-state index in [4.69, 9.17) is 0 Å². The molecule has 0 saturated carbocycles. The van der Waals surface area contributed by atoms with Crippen molar-refractivity contribution in [2.75, 3.05) is 12.5 Å². The first-order valence-electron chi connectivity index (χ1n) is 5.43. The van der Waals surface area contributed by atoms with E-state index in [0.29, 0.717) is 0 Å². The minimum Gasteiger partial charge on any atom is -0.265 e. The number of nitrogens with zero attached hydrogens (tertiary/aromatic N) is 1. The van der Waals surface area contributed by atoms with Gasteiger partial charge in [-0.2, -0.15) is 16.8 Å². The Bertz CT molecular complexity index is 738. The molecule has 0 unspecified atom stereocenters. The molecular formula is C10H13NO8S2. The fraction of sp³-hybridized carbons (Fsp3) is 0.400. The number of nitro groups is 1. The van der Waals surface area contributed by atoms with E-state index in [9.17, 15) is 26.9 Å². The molecule has 9 nitrogen and oxygen atoms in total. The summed E-state index contributed by atoms with van der Waals surface area (Å²) in [5, 5.41) is 10.9. The highest BCUT2D eigenvalue weighted by atomic mass is 32.2. The monoisotopic (exact) mass is 339 g/mol. The van der Waals surface area contributed by atoms with Crippen LogP contribution in [0.2, 0.25) is 0 Å². The Balaban J connectivity index is 2.99. The van der Waals surface area contributed by atoms with Gasteiger partial charge < -0.3 is 0 Å². The SMILES string of the molecule is CS(=O)(=O)OCc1ccc(COS(C)(=O)=O)c([N+](=O)[O-])c1. The molecule has 0 aliphatic heterocycles. The Morgan fingerprint density at radius 3 is 2.05 bits per heavy atom. The zero-order valence-electron chi connectivity index (χ0n) is 11.2. The van der Waals surface area contributed by atoms with Crippen molar-refractivity contribution in [1.82, 2.24) is 0 Å². The number of benzene rings is 1. The number of hydrogen-bond acceptors (Lipinski definition) is 8. The topological polar surface area (TPSA) is 130 Å². The summed E-state index contributed by atoms with van der Waals surface area (Å²) in [4.78, 5) is 10.2. The molecule has 118 valence electrons. The van der Waals surface area contributed by atoms with Gasteiger partial charge in [-0.1, -0.05) is 6.07 Å². The van der Waals surface area contributed by atoms with Gasteiger partial charge in [-0.25, -0.2) is 0 Å². The van der Waals surface area contributed by atoms with Crippen molar-refractivity contribution >= 4 is 25.9 Å². The molecule has 0 bridgehead atoms. The average molecular weight is 339 g/mol. The first-order chi connectivity index (χ1) is 9.48. The Labute approximate surface area is 121 Å². The second-order valence-corrected chi connectivity index (χ2v) is 7.44. The smallest absolute Gasteiger partial charge is 0.265 e. The van der Waals surface area contributed by atoms with Crippen molar-refractivity contribution in [2.45, 2.75) is 13.2 Å². The average Bonchev–Trinajstić information content (AvgIpc) is 2.32. The minimum absolute atomic E-state index is 0.0496.